The van der Waals surface area contributed by atoms with Crippen molar-refractivity contribution in [2.45, 2.75) is 30.2 Å². The highest BCUT2D eigenvalue weighted by Crippen LogP contribution is 2.36. The van der Waals surface area contributed by atoms with Gasteiger partial charge in [-0.2, -0.15) is 5.10 Å². The molecule has 0 N–H and O–H groups in total. The number of halogens is 1. The molecule has 7 heteroatoms. The standard InChI is InChI=1S/C23H22FN3O2S/c1-4-29-22(28)11-20-15(2)23(27-14-18(24)7-10-21(20)27)30-19-8-5-16(6-9-19)17-12-25-26(3)13-17/h5-10,12-14H,4,11H2,1-3H3. The summed E-state index contributed by atoms with van der Waals surface area (Å²) in [6.07, 6.45) is 5.42. The molecule has 0 saturated carbocycles. The number of aryl methyl sites for hydroxylation is 1. The van der Waals surface area contributed by atoms with E-state index in [1.807, 2.05) is 55.0 Å². The number of aromatic nitrogens is 3. The zero-order chi connectivity index (χ0) is 21.3. The second kappa shape index (κ2) is 8.36. The van der Waals surface area contributed by atoms with E-state index in [-0.39, 0.29) is 18.2 Å². The Morgan fingerprint density at radius 1 is 1.13 bits per heavy atom. The van der Waals surface area contributed by atoms with Crippen molar-refractivity contribution in [3.8, 4) is 11.1 Å². The van der Waals surface area contributed by atoms with E-state index < -0.39 is 0 Å². The Morgan fingerprint density at radius 2 is 1.90 bits per heavy atom. The van der Waals surface area contributed by atoms with E-state index >= 15 is 0 Å². The van der Waals surface area contributed by atoms with E-state index in [9.17, 15) is 9.18 Å². The Morgan fingerprint density at radius 3 is 2.57 bits per heavy atom. The molecular formula is C23H22FN3O2S. The summed E-state index contributed by atoms with van der Waals surface area (Å²) >= 11 is 1.55. The van der Waals surface area contributed by atoms with Gasteiger partial charge in [0.15, 0.2) is 0 Å². The Bertz CT molecular complexity index is 1210. The van der Waals surface area contributed by atoms with Crippen molar-refractivity contribution in [2.24, 2.45) is 7.05 Å². The summed E-state index contributed by atoms with van der Waals surface area (Å²) < 4.78 is 22.7. The smallest absolute Gasteiger partial charge is 0.310 e. The summed E-state index contributed by atoms with van der Waals surface area (Å²) in [5.41, 5.74) is 4.77. The topological polar surface area (TPSA) is 48.5 Å². The van der Waals surface area contributed by atoms with Crippen LogP contribution in [-0.2, 0) is 23.0 Å². The fourth-order valence-corrected chi connectivity index (χ4v) is 4.51. The van der Waals surface area contributed by atoms with Gasteiger partial charge in [-0.25, -0.2) is 4.39 Å². The lowest BCUT2D eigenvalue weighted by molar-refractivity contribution is -0.142. The molecule has 1 aromatic carbocycles. The first-order chi connectivity index (χ1) is 14.5. The first-order valence-corrected chi connectivity index (χ1v) is 10.5. The molecule has 0 bridgehead atoms. The van der Waals surface area contributed by atoms with Gasteiger partial charge in [0.1, 0.15) is 5.82 Å². The molecule has 0 radical (unpaired) electrons. The number of nitrogens with zero attached hydrogens (tertiary/aromatic N) is 3. The fourth-order valence-electron chi connectivity index (χ4n) is 3.49. The first kappa shape index (κ1) is 20.2. The highest BCUT2D eigenvalue weighted by Gasteiger charge is 2.19. The van der Waals surface area contributed by atoms with E-state index in [2.05, 4.69) is 5.10 Å². The quantitative estimate of drug-likeness (QED) is 0.408. The van der Waals surface area contributed by atoms with Gasteiger partial charge in [-0.3, -0.25) is 9.48 Å². The van der Waals surface area contributed by atoms with Crippen LogP contribution in [0.15, 0.2) is 64.9 Å². The van der Waals surface area contributed by atoms with Gasteiger partial charge in [0, 0.05) is 29.9 Å². The maximum atomic E-state index is 14.0. The third-order valence-corrected chi connectivity index (χ3v) is 6.15. The zero-order valence-corrected chi connectivity index (χ0v) is 17.9. The largest absolute Gasteiger partial charge is 0.466 e. The molecule has 154 valence electrons. The van der Waals surface area contributed by atoms with Gasteiger partial charge in [-0.15, -0.1) is 0 Å². The molecule has 0 aliphatic heterocycles. The molecule has 0 atom stereocenters. The van der Waals surface area contributed by atoms with Crippen molar-refractivity contribution in [2.75, 3.05) is 6.61 Å². The molecular weight excluding hydrogens is 401 g/mol. The van der Waals surface area contributed by atoms with Crippen molar-refractivity contribution < 1.29 is 13.9 Å². The molecule has 0 amide bonds. The number of ether oxygens (including phenoxy) is 1. The summed E-state index contributed by atoms with van der Waals surface area (Å²) in [5, 5.41) is 5.10. The third-order valence-electron chi connectivity index (χ3n) is 4.95. The molecule has 3 heterocycles. The molecule has 0 spiro atoms. The van der Waals surface area contributed by atoms with E-state index in [1.165, 1.54) is 12.3 Å². The van der Waals surface area contributed by atoms with Crippen LogP contribution in [0.2, 0.25) is 0 Å². The van der Waals surface area contributed by atoms with Gasteiger partial charge >= 0.3 is 5.97 Å². The first-order valence-electron chi connectivity index (χ1n) is 9.68. The van der Waals surface area contributed by atoms with Gasteiger partial charge in [0.2, 0.25) is 0 Å². The lowest BCUT2D eigenvalue weighted by Crippen LogP contribution is -2.08. The van der Waals surface area contributed by atoms with E-state index in [0.717, 1.165) is 37.7 Å². The molecule has 30 heavy (non-hydrogen) atoms. The minimum atomic E-state index is -0.325. The zero-order valence-electron chi connectivity index (χ0n) is 17.1. The summed E-state index contributed by atoms with van der Waals surface area (Å²) in [6, 6.07) is 11.3. The lowest BCUT2D eigenvalue weighted by atomic mass is 10.1. The third kappa shape index (κ3) is 3.98. The number of carbonyl (C=O) groups is 1. The Labute approximate surface area is 178 Å². The van der Waals surface area contributed by atoms with Crippen LogP contribution in [0.5, 0.6) is 0 Å². The van der Waals surface area contributed by atoms with Crippen molar-refractivity contribution >= 4 is 23.2 Å². The minimum absolute atomic E-state index is 0.162. The van der Waals surface area contributed by atoms with E-state index in [0.29, 0.717) is 6.61 Å². The van der Waals surface area contributed by atoms with Gasteiger partial charge in [-0.05, 0) is 54.8 Å². The van der Waals surface area contributed by atoms with Crippen LogP contribution in [-0.4, -0.2) is 26.8 Å². The molecule has 4 aromatic rings. The maximum absolute atomic E-state index is 14.0. The van der Waals surface area contributed by atoms with Crippen molar-refractivity contribution in [3.63, 3.8) is 0 Å². The minimum Gasteiger partial charge on any atom is -0.466 e. The molecule has 3 aromatic heterocycles. The summed E-state index contributed by atoms with van der Waals surface area (Å²) in [6.45, 7) is 4.09. The normalized spacial score (nSPS) is 11.2. The maximum Gasteiger partial charge on any atom is 0.310 e. The van der Waals surface area contributed by atoms with Gasteiger partial charge < -0.3 is 9.14 Å². The molecule has 0 aliphatic rings. The fraction of sp³-hybridized carbons (Fsp3) is 0.217. The predicted octanol–water partition coefficient (Wildman–Crippen LogP) is 5.04. The highest BCUT2D eigenvalue weighted by atomic mass is 32.2. The number of hydrogen-bond acceptors (Lipinski definition) is 4. The molecule has 4 rings (SSSR count). The average Bonchev–Trinajstić information content (AvgIpc) is 3.26. The van der Waals surface area contributed by atoms with Crippen molar-refractivity contribution in [3.05, 3.63) is 71.9 Å². The molecule has 0 saturated heterocycles. The number of pyridine rings is 1. The number of esters is 1. The van der Waals surface area contributed by atoms with Crippen LogP contribution in [0, 0.1) is 12.7 Å². The van der Waals surface area contributed by atoms with E-state index in [1.54, 1.807) is 29.4 Å². The number of hydrogen-bond donors (Lipinski definition) is 0. The SMILES string of the molecule is CCOC(=O)Cc1c(C)c(Sc2ccc(-c3cnn(C)c3)cc2)n2cc(F)ccc12. The number of benzene rings is 1. The average molecular weight is 424 g/mol. The number of carbonyl (C=O) groups excluding carboxylic acids is 1. The summed E-state index contributed by atoms with van der Waals surface area (Å²) in [4.78, 5) is 13.1. The van der Waals surface area contributed by atoms with E-state index in [4.69, 9.17) is 4.74 Å². The molecule has 0 aliphatic carbocycles. The van der Waals surface area contributed by atoms with Crippen LogP contribution < -0.4 is 0 Å². The number of fused-ring (bicyclic) bond motifs is 1. The van der Waals surface area contributed by atoms with Crippen LogP contribution in [0.4, 0.5) is 4.39 Å². The Kier molecular flexibility index (Phi) is 5.63. The predicted molar refractivity (Wildman–Crippen MR) is 115 cm³/mol. The van der Waals surface area contributed by atoms with Gasteiger partial charge in [0.25, 0.3) is 0 Å². The second-order valence-electron chi connectivity index (χ2n) is 7.02. The van der Waals surface area contributed by atoms with Crippen LogP contribution >= 0.6 is 11.8 Å². The summed E-state index contributed by atoms with van der Waals surface area (Å²) in [5.74, 6) is -0.608. The molecule has 0 unspecified atom stereocenters. The highest BCUT2D eigenvalue weighted by molar-refractivity contribution is 7.99. The summed E-state index contributed by atoms with van der Waals surface area (Å²) in [7, 11) is 1.89. The van der Waals surface area contributed by atoms with Gasteiger partial charge in [-0.1, -0.05) is 23.9 Å². The Hall–Kier alpha value is -3.06. The van der Waals surface area contributed by atoms with Crippen LogP contribution in [0.25, 0.3) is 16.6 Å². The van der Waals surface area contributed by atoms with Crippen LogP contribution in [0.1, 0.15) is 18.1 Å². The monoisotopic (exact) mass is 423 g/mol. The van der Waals surface area contributed by atoms with Crippen molar-refractivity contribution in [1.82, 2.24) is 14.2 Å². The molecule has 5 nitrogen and oxygen atoms in total. The Balaban J connectivity index is 1.69. The number of rotatable bonds is 6. The van der Waals surface area contributed by atoms with Gasteiger partial charge in [0.05, 0.1) is 29.8 Å². The lowest BCUT2D eigenvalue weighted by Gasteiger charge is -2.06. The van der Waals surface area contributed by atoms with Crippen LogP contribution in [0.3, 0.4) is 0 Å². The van der Waals surface area contributed by atoms with Crippen molar-refractivity contribution in [1.29, 1.82) is 0 Å². The molecule has 0 fully saturated rings. The second-order valence-corrected chi connectivity index (χ2v) is 8.08.